The number of Topliss-reactive ketones (excluding diaryl/α,β-unsaturated/α-hetero) is 3. The van der Waals surface area contributed by atoms with Gasteiger partial charge in [-0.2, -0.15) is 0 Å². The van der Waals surface area contributed by atoms with Gasteiger partial charge in [-0.25, -0.2) is 4.79 Å². The molecule has 46 heavy (non-hydrogen) atoms. The first-order chi connectivity index (χ1) is 22.1. The molecule has 0 saturated heterocycles. The maximum Gasteiger partial charge on any atom is 0.408 e. The fourth-order valence-corrected chi connectivity index (χ4v) is 5.82. The monoisotopic (exact) mass is 631 g/mol. The molecule has 0 bridgehead atoms. The smallest absolute Gasteiger partial charge is 0.408 e. The van der Waals surface area contributed by atoms with E-state index in [1.54, 1.807) is 0 Å². The summed E-state index contributed by atoms with van der Waals surface area (Å²) in [7, 11) is 0. The molecule has 0 radical (unpaired) electrons. The molecule has 0 spiro atoms. The van der Waals surface area contributed by atoms with E-state index in [9.17, 15) is 28.8 Å². The van der Waals surface area contributed by atoms with E-state index in [2.05, 4.69) is 16.0 Å². The Labute approximate surface area is 270 Å². The molecule has 3 amide bonds. The van der Waals surface area contributed by atoms with Gasteiger partial charge in [-0.1, -0.05) is 74.5 Å². The molecular formula is C36H45N3O7. The molecule has 0 unspecified atom stereocenters. The molecule has 10 heteroatoms. The number of ether oxygens (including phenoxy) is 1. The van der Waals surface area contributed by atoms with Crippen LogP contribution in [0, 0.1) is 17.8 Å². The van der Waals surface area contributed by atoms with Gasteiger partial charge in [0.25, 0.3) is 5.91 Å². The molecule has 0 aromatic heterocycles. The SMILES string of the molecule is CC(C)C[C@H](CC(=O)[C@H](Cc1ccccc1)NC(=O)OCc1ccccc1)C(=O)N[C@@H](C[C@@H]1CCCC1=O)C(=O)C(=O)NC1CC1. The van der Waals surface area contributed by atoms with E-state index in [0.29, 0.717) is 25.7 Å². The Bertz CT molecular complexity index is 1370. The molecule has 4 rings (SSSR count). The summed E-state index contributed by atoms with van der Waals surface area (Å²) < 4.78 is 5.38. The van der Waals surface area contributed by atoms with E-state index in [4.69, 9.17) is 4.74 Å². The van der Waals surface area contributed by atoms with Gasteiger partial charge in [-0.15, -0.1) is 0 Å². The molecule has 2 saturated carbocycles. The third-order valence-electron chi connectivity index (χ3n) is 8.47. The fraction of sp³-hybridized carbons (Fsp3) is 0.500. The Balaban J connectivity index is 1.47. The highest BCUT2D eigenvalue weighted by Gasteiger charge is 2.37. The van der Waals surface area contributed by atoms with Crippen LogP contribution in [0.4, 0.5) is 4.79 Å². The van der Waals surface area contributed by atoms with Crippen molar-refractivity contribution in [1.29, 1.82) is 0 Å². The molecular weight excluding hydrogens is 586 g/mol. The van der Waals surface area contributed by atoms with Crippen LogP contribution in [0.1, 0.15) is 76.3 Å². The van der Waals surface area contributed by atoms with Gasteiger partial charge >= 0.3 is 6.09 Å². The van der Waals surface area contributed by atoms with Gasteiger partial charge < -0.3 is 20.7 Å². The van der Waals surface area contributed by atoms with Crippen molar-refractivity contribution in [2.45, 2.75) is 96.4 Å². The number of carbonyl (C=O) groups is 6. The van der Waals surface area contributed by atoms with Crippen molar-refractivity contribution in [3.8, 4) is 0 Å². The largest absolute Gasteiger partial charge is 0.445 e. The predicted molar refractivity (Wildman–Crippen MR) is 171 cm³/mol. The van der Waals surface area contributed by atoms with Crippen molar-refractivity contribution < 1.29 is 33.5 Å². The van der Waals surface area contributed by atoms with E-state index in [1.807, 2.05) is 74.5 Å². The van der Waals surface area contributed by atoms with Crippen LogP contribution in [0.15, 0.2) is 60.7 Å². The summed E-state index contributed by atoms with van der Waals surface area (Å²) in [6.07, 6.45) is 2.96. The third kappa shape index (κ3) is 10.9. The van der Waals surface area contributed by atoms with E-state index in [-0.39, 0.29) is 49.4 Å². The molecule has 10 nitrogen and oxygen atoms in total. The quantitative estimate of drug-likeness (QED) is 0.221. The minimum atomic E-state index is -1.17. The second-order valence-corrected chi connectivity index (χ2v) is 12.9. The summed E-state index contributed by atoms with van der Waals surface area (Å²) in [5.74, 6) is -3.61. The molecule has 3 N–H and O–H groups in total. The van der Waals surface area contributed by atoms with Gasteiger partial charge in [0.15, 0.2) is 5.78 Å². The second kappa shape index (κ2) is 16.8. The molecule has 246 valence electrons. The van der Waals surface area contributed by atoms with Crippen molar-refractivity contribution in [3.05, 3.63) is 71.8 Å². The molecule has 0 heterocycles. The van der Waals surface area contributed by atoms with Crippen molar-refractivity contribution >= 4 is 35.3 Å². The van der Waals surface area contributed by atoms with Crippen LogP contribution >= 0.6 is 0 Å². The maximum atomic E-state index is 13.8. The average Bonchev–Trinajstić information content (AvgIpc) is 3.77. The van der Waals surface area contributed by atoms with Crippen LogP contribution in [-0.2, 0) is 41.7 Å². The molecule has 2 fully saturated rings. The number of rotatable bonds is 17. The van der Waals surface area contributed by atoms with Gasteiger partial charge in [-0.3, -0.25) is 24.0 Å². The summed E-state index contributed by atoms with van der Waals surface area (Å²) in [6.45, 7) is 3.88. The molecule has 2 aliphatic rings. The lowest BCUT2D eigenvalue weighted by atomic mass is 9.87. The van der Waals surface area contributed by atoms with Crippen LogP contribution in [-0.4, -0.2) is 53.4 Å². The zero-order valence-corrected chi connectivity index (χ0v) is 26.7. The van der Waals surface area contributed by atoms with Crippen molar-refractivity contribution in [1.82, 2.24) is 16.0 Å². The Kier molecular flexibility index (Phi) is 12.6. The average molecular weight is 632 g/mol. The lowest BCUT2D eigenvalue weighted by Gasteiger charge is -2.25. The predicted octanol–water partition coefficient (Wildman–Crippen LogP) is 4.24. The Morgan fingerprint density at radius 3 is 2.09 bits per heavy atom. The topological polar surface area (TPSA) is 148 Å². The highest BCUT2D eigenvalue weighted by molar-refractivity contribution is 6.38. The van der Waals surface area contributed by atoms with Crippen LogP contribution in [0.25, 0.3) is 0 Å². The first-order valence-corrected chi connectivity index (χ1v) is 16.3. The van der Waals surface area contributed by atoms with Crippen LogP contribution in [0.5, 0.6) is 0 Å². The Hall–Kier alpha value is -4.34. The number of hydrogen-bond donors (Lipinski definition) is 3. The summed E-state index contributed by atoms with van der Waals surface area (Å²) >= 11 is 0. The van der Waals surface area contributed by atoms with Crippen LogP contribution < -0.4 is 16.0 Å². The number of nitrogens with one attached hydrogen (secondary N) is 3. The van der Waals surface area contributed by atoms with Crippen molar-refractivity contribution in [3.63, 3.8) is 0 Å². The Morgan fingerprint density at radius 1 is 0.848 bits per heavy atom. The number of hydrogen-bond acceptors (Lipinski definition) is 7. The minimum Gasteiger partial charge on any atom is -0.445 e. The molecule has 2 aromatic carbocycles. The van der Waals surface area contributed by atoms with Crippen LogP contribution in [0.2, 0.25) is 0 Å². The summed E-state index contributed by atoms with van der Waals surface area (Å²) in [6, 6.07) is 16.2. The number of benzene rings is 2. The molecule has 2 aliphatic carbocycles. The van der Waals surface area contributed by atoms with Gasteiger partial charge in [0.05, 0.1) is 12.1 Å². The number of amides is 3. The lowest BCUT2D eigenvalue weighted by Crippen LogP contribution is -2.51. The van der Waals surface area contributed by atoms with Crippen LogP contribution in [0.3, 0.4) is 0 Å². The van der Waals surface area contributed by atoms with Gasteiger partial charge in [0, 0.05) is 30.7 Å². The summed E-state index contributed by atoms with van der Waals surface area (Å²) in [4.78, 5) is 78.7. The highest BCUT2D eigenvalue weighted by Crippen LogP contribution is 2.27. The normalized spacial score (nSPS) is 17.9. The second-order valence-electron chi connectivity index (χ2n) is 12.9. The number of alkyl carbamates (subject to hydrolysis) is 1. The molecule has 2 aromatic rings. The minimum absolute atomic E-state index is 0.0255. The third-order valence-corrected chi connectivity index (χ3v) is 8.47. The zero-order valence-electron chi connectivity index (χ0n) is 26.7. The van der Waals surface area contributed by atoms with Crippen molar-refractivity contribution in [2.75, 3.05) is 0 Å². The summed E-state index contributed by atoms with van der Waals surface area (Å²) in [5, 5.41) is 8.13. The number of ketones is 3. The zero-order chi connectivity index (χ0) is 33.1. The summed E-state index contributed by atoms with van der Waals surface area (Å²) in [5.41, 5.74) is 1.62. The maximum absolute atomic E-state index is 13.8. The first kappa shape index (κ1) is 34.5. The fourth-order valence-electron chi connectivity index (χ4n) is 5.82. The van der Waals surface area contributed by atoms with E-state index in [0.717, 1.165) is 24.0 Å². The van der Waals surface area contributed by atoms with E-state index >= 15 is 0 Å². The number of carbonyl (C=O) groups excluding carboxylic acids is 6. The standard InChI is InChI=1S/C36H45N3O7/c1-23(2)18-27(34(43)38-30(20-26-14-9-15-31(26)40)33(42)35(44)37-28-16-17-28)21-32(41)29(19-24-10-5-3-6-11-24)39-36(45)46-22-25-12-7-4-8-13-25/h3-8,10-13,23,26-30H,9,14-22H2,1-2H3,(H,37,44)(H,38,43)(H,39,45)/t26-,27+,29-,30-/m0/s1. The Morgan fingerprint density at radius 2 is 1.50 bits per heavy atom. The van der Waals surface area contributed by atoms with Crippen molar-refractivity contribution in [2.24, 2.45) is 17.8 Å². The van der Waals surface area contributed by atoms with Gasteiger partial charge in [0.1, 0.15) is 12.4 Å². The lowest BCUT2D eigenvalue weighted by molar-refractivity contribution is -0.141. The highest BCUT2D eigenvalue weighted by atomic mass is 16.5. The van der Waals surface area contributed by atoms with Gasteiger partial charge in [0.2, 0.25) is 11.7 Å². The molecule has 4 atom stereocenters. The molecule has 0 aliphatic heterocycles. The first-order valence-electron chi connectivity index (χ1n) is 16.3. The van der Waals surface area contributed by atoms with E-state index in [1.165, 1.54) is 0 Å². The van der Waals surface area contributed by atoms with E-state index < -0.39 is 47.6 Å². The van der Waals surface area contributed by atoms with Gasteiger partial charge in [-0.05, 0) is 62.0 Å².